The maximum atomic E-state index is 6.13. The normalized spacial score (nSPS) is 11.7. The highest BCUT2D eigenvalue weighted by Gasteiger charge is 2.09. The third-order valence-corrected chi connectivity index (χ3v) is 5.09. The van der Waals surface area contributed by atoms with Crippen LogP contribution in [0.5, 0.6) is 0 Å². The second-order valence-corrected chi connectivity index (χ2v) is 7.22. The molecule has 2 rings (SSSR count). The summed E-state index contributed by atoms with van der Waals surface area (Å²) in [7, 11) is 1.89. The van der Waals surface area contributed by atoms with Gasteiger partial charge >= 0.3 is 0 Å². The minimum Gasteiger partial charge on any atom is -0.379 e. The Labute approximate surface area is 183 Å². The van der Waals surface area contributed by atoms with Crippen LogP contribution in [0.1, 0.15) is 30.7 Å². The number of halogens is 2. The van der Waals surface area contributed by atoms with Gasteiger partial charge in [-0.15, -0.1) is 0 Å². The Morgan fingerprint density at radius 1 is 1.07 bits per heavy atom. The maximum Gasteiger partial charge on any atom is 0.191 e. The lowest BCUT2D eigenvalue weighted by atomic mass is 10.1. The van der Waals surface area contributed by atoms with E-state index in [0.29, 0.717) is 49.7 Å². The number of benzene rings is 1. The van der Waals surface area contributed by atoms with Gasteiger partial charge in [0.2, 0.25) is 0 Å². The molecule has 2 N–H and O–H groups in total. The second-order valence-electron chi connectivity index (χ2n) is 6.45. The zero-order valence-corrected chi connectivity index (χ0v) is 18.8. The molecule has 0 spiro atoms. The van der Waals surface area contributed by atoms with Crippen LogP contribution in [0.4, 0.5) is 0 Å². The maximum absolute atomic E-state index is 6.13. The number of guanidine groups is 1. The molecule has 2 aromatic rings. The molecule has 0 aliphatic rings. The van der Waals surface area contributed by atoms with Crippen molar-refractivity contribution in [1.82, 2.24) is 15.2 Å². The Kier molecular flexibility index (Phi) is 10.4. The molecule has 1 aromatic carbocycles. The zero-order chi connectivity index (χ0) is 21.1. The largest absolute Gasteiger partial charge is 0.379 e. The average Bonchev–Trinajstić information content (AvgIpc) is 2.97. The lowest BCUT2D eigenvalue weighted by Crippen LogP contribution is -2.37. The molecule has 160 valence electrons. The number of ether oxygens (including phenoxy) is 2. The van der Waals surface area contributed by atoms with E-state index >= 15 is 0 Å². The first-order valence-electron chi connectivity index (χ1n) is 9.80. The van der Waals surface area contributed by atoms with E-state index in [2.05, 4.69) is 33.8 Å². The molecule has 0 unspecified atom stereocenters. The minimum atomic E-state index is 0.533. The predicted molar refractivity (Wildman–Crippen MR) is 120 cm³/mol. The van der Waals surface area contributed by atoms with Gasteiger partial charge in [-0.2, -0.15) is 0 Å². The highest BCUT2D eigenvalue weighted by Crippen LogP contribution is 2.24. The molecule has 0 radical (unpaired) electrons. The van der Waals surface area contributed by atoms with E-state index in [9.17, 15) is 0 Å². The molecule has 0 aliphatic carbocycles. The molecular weight excluding hydrogens is 411 g/mol. The summed E-state index contributed by atoms with van der Waals surface area (Å²) in [5, 5.41) is 7.66. The van der Waals surface area contributed by atoms with Crippen LogP contribution in [0.25, 0.3) is 0 Å². The Balaban J connectivity index is 1.91. The van der Waals surface area contributed by atoms with E-state index in [1.54, 1.807) is 0 Å². The minimum absolute atomic E-state index is 0.533. The fourth-order valence-corrected chi connectivity index (χ4v) is 3.13. The van der Waals surface area contributed by atoms with Crippen molar-refractivity contribution in [3.63, 3.8) is 0 Å². The molecule has 0 aliphatic heterocycles. The molecule has 0 bridgehead atoms. The van der Waals surface area contributed by atoms with E-state index in [1.165, 1.54) is 0 Å². The van der Waals surface area contributed by atoms with Gasteiger partial charge in [0.1, 0.15) is 5.15 Å². The molecule has 1 aromatic heterocycles. The molecule has 8 heteroatoms. The van der Waals surface area contributed by atoms with Crippen molar-refractivity contribution in [2.45, 2.75) is 33.5 Å². The van der Waals surface area contributed by atoms with E-state index in [0.717, 1.165) is 29.3 Å². The first kappa shape index (κ1) is 23.5. The first-order valence-corrected chi connectivity index (χ1v) is 10.6. The number of nitrogens with zero attached hydrogens (tertiary/aromatic N) is 2. The van der Waals surface area contributed by atoms with Crippen molar-refractivity contribution in [2.24, 2.45) is 12.0 Å². The van der Waals surface area contributed by atoms with Crippen LogP contribution in [-0.4, -0.2) is 36.9 Å². The molecule has 0 amide bonds. The number of aromatic nitrogens is 1. The van der Waals surface area contributed by atoms with E-state index in [-0.39, 0.29) is 0 Å². The molecule has 0 atom stereocenters. The third kappa shape index (κ3) is 7.90. The molecule has 6 nitrogen and oxygen atoms in total. The fraction of sp³-hybridized carbons (Fsp3) is 0.476. The Morgan fingerprint density at radius 3 is 2.52 bits per heavy atom. The van der Waals surface area contributed by atoms with Gasteiger partial charge in [-0.1, -0.05) is 47.5 Å². The van der Waals surface area contributed by atoms with E-state index in [1.807, 2.05) is 37.6 Å². The summed E-state index contributed by atoms with van der Waals surface area (Å²) in [4.78, 5) is 4.68. The fourth-order valence-electron chi connectivity index (χ4n) is 2.71. The summed E-state index contributed by atoms with van der Waals surface area (Å²) in [6.07, 6.45) is 0. The van der Waals surface area contributed by atoms with Crippen LogP contribution >= 0.6 is 23.2 Å². The first-order chi connectivity index (χ1) is 14.0. The number of rotatable bonds is 11. The number of hydrogen-bond acceptors (Lipinski definition) is 3. The van der Waals surface area contributed by atoms with Crippen molar-refractivity contribution < 1.29 is 9.47 Å². The van der Waals surface area contributed by atoms with Crippen LogP contribution < -0.4 is 10.6 Å². The standard InChI is InChI=1S/C21H30Cl2N4O2/c1-4-24-21(26-14-18-12-19(22)20(23)27(18)3)25-13-16-7-6-8-17(11-16)15-29-10-9-28-5-2/h6-8,11-12H,4-5,9-10,13-15H2,1-3H3,(H2,24,25,26). The van der Waals surface area contributed by atoms with E-state index in [4.69, 9.17) is 32.7 Å². The number of nitrogens with one attached hydrogen (secondary N) is 2. The Morgan fingerprint density at radius 2 is 1.83 bits per heavy atom. The van der Waals surface area contributed by atoms with E-state index < -0.39 is 0 Å². The summed E-state index contributed by atoms with van der Waals surface area (Å²) in [6, 6.07) is 10.1. The van der Waals surface area contributed by atoms with Crippen LogP contribution in [0.15, 0.2) is 35.3 Å². The summed E-state index contributed by atoms with van der Waals surface area (Å²) in [5.41, 5.74) is 3.23. The van der Waals surface area contributed by atoms with Crippen molar-refractivity contribution >= 4 is 29.2 Å². The van der Waals surface area contributed by atoms with Gasteiger partial charge in [0.25, 0.3) is 0 Å². The third-order valence-electron chi connectivity index (χ3n) is 4.25. The monoisotopic (exact) mass is 440 g/mol. The van der Waals surface area contributed by atoms with Crippen molar-refractivity contribution in [3.8, 4) is 0 Å². The van der Waals surface area contributed by atoms with Crippen molar-refractivity contribution in [1.29, 1.82) is 0 Å². The summed E-state index contributed by atoms with van der Waals surface area (Å²) >= 11 is 12.2. The molecular formula is C21H30Cl2N4O2. The lowest BCUT2D eigenvalue weighted by molar-refractivity contribution is 0.0453. The summed E-state index contributed by atoms with van der Waals surface area (Å²) < 4.78 is 12.8. The Bertz CT molecular complexity index is 793. The van der Waals surface area contributed by atoms with Gasteiger partial charge < -0.3 is 24.7 Å². The second kappa shape index (κ2) is 12.8. The highest BCUT2D eigenvalue weighted by atomic mass is 35.5. The van der Waals surface area contributed by atoms with Gasteiger partial charge in [-0.25, -0.2) is 4.99 Å². The lowest BCUT2D eigenvalue weighted by Gasteiger charge is -2.12. The quantitative estimate of drug-likeness (QED) is 0.313. The van der Waals surface area contributed by atoms with Crippen molar-refractivity contribution in [2.75, 3.05) is 26.4 Å². The van der Waals surface area contributed by atoms with Gasteiger partial charge in [0.05, 0.1) is 37.9 Å². The molecule has 0 saturated carbocycles. The molecule has 29 heavy (non-hydrogen) atoms. The predicted octanol–water partition coefficient (Wildman–Crippen LogP) is 4.14. The summed E-state index contributed by atoms with van der Waals surface area (Å²) in [6.45, 7) is 8.42. The van der Waals surface area contributed by atoms with Gasteiger partial charge in [0, 0.05) is 25.9 Å². The molecule has 0 saturated heterocycles. The summed E-state index contributed by atoms with van der Waals surface area (Å²) in [5.74, 6) is 0.735. The number of aliphatic imine (C=N–C) groups is 1. The van der Waals surface area contributed by atoms with Crippen LogP contribution in [0, 0.1) is 0 Å². The molecule has 1 heterocycles. The SMILES string of the molecule is CCNC(=NCc1cccc(COCCOCC)c1)NCc1cc(Cl)c(Cl)n1C. The highest BCUT2D eigenvalue weighted by molar-refractivity contribution is 6.41. The van der Waals surface area contributed by atoms with Crippen molar-refractivity contribution in [3.05, 3.63) is 57.3 Å². The van der Waals surface area contributed by atoms with Crippen LogP contribution in [0.3, 0.4) is 0 Å². The average molecular weight is 441 g/mol. The number of hydrogen-bond donors (Lipinski definition) is 2. The van der Waals surface area contributed by atoms with Gasteiger partial charge in [0.15, 0.2) is 5.96 Å². The van der Waals surface area contributed by atoms with Crippen LogP contribution in [-0.2, 0) is 36.2 Å². The Hall–Kier alpha value is -1.73. The topological polar surface area (TPSA) is 59.8 Å². The molecule has 0 fully saturated rings. The van der Waals surface area contributed by atoms with Gasteiger partial charge in [-0.05, 0) is 31.0 Å². The van der Waals surface area contributed by atoms with Gasteiger partial charge in [-0.3, -0.25) is 0 Å². The zero-order valence-electron chi connectivity index (χ0n) is 17.3. The smallest absolute Gasteiger partial charge is 0.191 e. The van der Waals surface area contributed by atoms with Crippen LogP contribution in [0.2, 0.25) is 10.2 Å².